The van der Waals surface area contributed by atoms with Crippen LogP contribution in [0.1, 0.15) is 12.5 Å². The van der Waals surface area contributed by atoms with E-state index in [2.05, 4.69) is 17.1 Å². The summed E-state index contributed by atoms with van der Waals surface area (Å²) in [5, 5.41) is 2.73. The number of benzene rings is 1. The molecule has 110 valence electrons. The van der Waals surface area contributed by atoms with E-state index >= 15 is 0 Å². The van der Waals surface area contributed by atoms with Crippen LogP contribution in [-0.4, -0.2) is 50.4 Å². The van der Waals surface area contributed by atoms with Crippen molar-refractivity contribution in [2.45, 2.75) is 13.3 Å². The van der Waals surface area contributed by atoms with E-state index in [0.29, 0.717) is 6.61 Å². The van der Waals surface area contributed by atoms with Crippen molar-refractivity contribution in [2.24, 2.45) is 0 Å². The molecule has 0 aliphatic carbocycles. The van der Waals surface area contributed by atoms with Crippen LogP contribution < -0.4 is 5.32 Å². The van der Waals surface area contributed by atoms with Gasteiger partial charge in [0.15, 0.2) is 0 Å². The van der Waals surface area contributed by atoms with Crippen molar-refractivity contribution >= 4 is 11.8 Å². The molecule has 20 heavy (non-hydrogen) atoms. The van der Waals surface area contributed by atoms with Gasteiger partial charge in [0.05, 0.1) is 13.2 Å². The summed E-state index contributed by atoms with van der Waals surface area (Å²) >= 11 is 0. The SMILES string of the molecule is CCc1ccc(NC(=O)OCCN2CCOCC2)cc1. The third-order valence-electron chi connectivity index (χ3n) is 3.35. The first-order chi connectivity index (χ1) is 9.78. The molecule has 0 radical (unpaired) electrons. The van der Waals surface area contributed by atoms with Gasteiger partial charge in [-0.2, -0.15) is 0 Å². The minimum absolute atomic E-state index is 0.400. The molecule has 1 saturated heterocycles. The predicted molar refractivity (Wildman–Crippen MR) is 78.0 cm³/mol. The Hall–Kier alpha value is -1.59. The number of rotatable bonds is 5. The molecule has 2 rings (SSSR count). The molecule has 0 aromatic heterocycles. The number of carbonyl (C=O) groups excluding carboxylic acids is 1. The summed E-state index contributed by atoms with van der Waals surface area (Å²) in [5.41, 5.74) is 2.01. The number of hydrogen-bond donors (Lipinski definition) is 1. The Kier molecular flexibility index (Phi) is 5.83. The average molecular weight is 278 g/mol. The molecule has 1 heterocycles. The predicted octanol–water partition coefficient (Wildman–Crippen LogP) is 2.13. The van der Waals surface area contributed by atoms with Crippen molar-refractivity contribution in [1.29, 1.82) is 0 Å². The summed E-state index contributed by atoms with van der Waals surface area (Å²) in [6.07, 6.45) is 0.590. The number of carbonyl (C=O) groups is 1. The standard InChI is InChI=1S/C15H22N2O3/c1-2-13-3-5-14(6-4-13)16-15(18)20-12-9-17-7-10-19-11-8-17/h3-6H,2,7-12H2,1H3,(H,16,18). The third kappa shape index (κ3) is 4.83. The zero-order chi connectivity index (χ0) is 14.2. The molecule has 0 unspecified atom stereocenters. The highest BCUT2D eigenvalue weighted by molar-refractivity contribution is 5.84. The van der Waals surface area contributed by atoms with Crippen LogP contribution in [0.25, 0.3) is 0 Å². The van der Waals surface area contributed by atoms with Crippen LogP contribution in [0.5, 0.6) is 0 Å². The van der Waals surface area contributed by atoms with Crippen molar-refractivity contribution in [3.8, 4) is 0 Å². The number of nitrogens with zero attached hydrogens (tertiary/aromatic N) is 1. The topological polar surface area (TPSA) is 50.8 Å². The molecule has 5 nitrogen and oxygen atoms in total. The van der Waals surface area contributed by atoms with E-state index in [9.17, 15) is 4.79 Å². The molecular formula is C15H22N2O3. The Morgan fingerprint density at radius 3 is 2.65 bits per heavy atom. The van der Waals surface area contributed by atoms with Gasteiger partial charge < -0.3 is 9.47 Å². The molecule has 1 aromatic carbocycles. The van der Waals surface area contributed by atoms with Crippen molar-refractivity contribution in [2.75, 3.05) is 44.8 Å². The second-order valence-corrected chi connectivity index (χ2v) is 4.77. The normalized spacial score (nSPS) is 15.8. The molecule has 1 fully saturated rings. The monoisotopic (exact) mass is 278 g/mol. The summed E-state index contributed by atoms with van der Waals surface area (Å²) in [7, 11) is 0. The van der Waals surface area contributed by atoms with E-state index in [1.165, 1.54) is 5.56 Å². The van der Waals surface area contributed by atoms with Crippen LogP contribution in [0.4, 0.5) is 10.5 Å². The van der Waals surface area contributed by atoms with E-state index in [1.54, 1.807) is 0 Å². The molecule has 5 heteroatoms. The molecule has 1 aromatic rings. The lowest BCUT2D eigenvalue weighted by atomic mass is 10.1. The van der Waals surface area contributed by atoms with Gasteiger partial charge in [-0.1, -0.05) is 19.1 Å². The maximum atomic E-state index is 11.6. The number of anilines is 1. The van der Waals surface area contributed by atoms with Crippen LogP contribution in [0, 0.1) is 0 Å². The second-order valence-electron chi connectivity index (χ2n) is 4.77. The number of morpholine rings is 1. The Balaban J connectivity index is 1.66. The van der Waals surface area contributed by atoms with E-state index in [4.69, 9.17) is 9.47 Å². The maximum Gasteiger partial charge on any atom is 0.411 e. The first kappa shape index (κ1) is 14.8. The fourth-order valence-corrected chi connectivity index (χ4v) is 2.07. The number of ether oxygens (including phenoxy) is 2. The Bertz CT molecular complexity index is 414. The van der Waals surface area contributed by atoms with Crippen LogP contribution in [0.15, 0.2) is 24.3 Å². The summed E-state index contributed by atoms with van der Waals surface area (Å²) in [5.74, 6) is 0. The molecule has 0 atom stereocenters. The molecule has 0 spiro atoms. The molecule has 1 N–H and O–H groups in total. The summed E-state index contributed by atoms with van der Waals surface area (Å²) in [4.78, 5) is 13.9. The highest BCUT2D eigenvalue weighted by atomic mass is 16.5. The van der Waals surface area contributed by atoms with Crippen LogP contribution in [-0.2, 0) is 15.9 Å². The van der Waals surface area contributed by atoms with Gasteiger partial charge in [-0.25, -0.2) is 4.79 Å². The molecule has 0 saturated carbocycles. The van der Waals surface area contributed by atoms with Crippen LogP contribution >= 0.6 is 0 Å². The van der Waals surface area contributed by atoms with Crippen molar-refractivity contribution in [3.63, 3.8) is 0 Å². The zero-order valence-corrected chi connectivity index (χ0v) is 11.9. The third-order valence-corrected chi connectivity index (χ3v) is 3.35. The fraction of sp³-hybridized carbons (Fsp3) is 0.533. The smallest absolute Gasteiger partial charge is 0.411 e. The second kappa shape index (κ2) is 7.87. The van der Waals surface area contributed by atoms with Crippen molar-refractivity contribution < 1.29 is 14.3 Å². The van der Waals surface area contributed by atoms with Gasteiger partial charge in [0.2, 0.25) is 0 Å². The first-order valence-corrected chi connectivity index (χ1v) is 7.10. The van der Waals surface area contributed by atoms with Gasteiger partial charge in [0.1, 0.15) is 6.61 Å². The van der Waals surface area contributed by atoms with Crippen LogP contribution in [0.2, 0.25) is 0 Å². The van der Waals surface area contributed by atoms with E-state index in [1.807, 2.05) is 24.3 Å². The lowest BCUT2D eigenvalue weighted by molar-refractivity contribution is 0.0290. The molecular weight excluding hydrogens is 256 g/mol. The number of hydrogen-bond acceptors (Lipinski definition) is 4. The number of amides is 1. The molecule has 1 aliphatic rings. The first-order valence-electron chi connectivity index (χ1n) is 7.10. The van der Waals surface area contributed by atoms with Gasteiger partial charge in [-0.05, 0) is 24.1 Å². The summed E-state index contributed by atoms with van der Waals surface area (Å²) < 4.78 is 10.4. The number of aryl methyl sites for hydroxylation is 1. The van der Waals surface area contributed by atoms with E-state index in [0.717, 1.165) is 45.0 Å². The Morgan fingerprint density at radius 1 is 1.30 bits per heavy atom. The minimum atomic E-state index is -0.400. The summed E-state index contributed by atoms with van der Waals surface area (Å²) in [6.45, 7) is 6.59. The van der Waals surface area contributed by atoms with Gasteiger partial charge in [-0.15, -0.1) is 0 Å². The van der Waals surface area contributed by atoms with Gasteiger partial charge in [0, 0.05) is 25.3 Å². The van der Waals surface area contributed by atoms with E-state index in [-0.39, 0.29) is 0 Å². The Morgan fingerprint density at radius 2 is 2.00 bits per heavy atom. The lowest BCUT2D eigenvalue weighted by Crippen LogP contribution is -2.38. The molecule has 0 bridgehead atoms. The van der Waals surface area contributed by atoms with Crippen molar-refractivity contribution in [1.82, 2.24) is 4.90 Å². The van der Waals surface area contributed by atoms with Gasteiger partial charge in [-0.3, -0.25) is 10.2 Å². The van der Waals surface area contributed by atoms with Crippen molar-refractivity contribution in [3.05, 3.63) is 29.8 Å². The average Bonchev–Trinajstić information content (AvgIpc) is 2.49. The van der Waals surface area contributed by atoms with E-state index < -0.39 is 6.09 Å². The Labute approximate surface area is 119 Å². The fourth-order valence-electron chi connectivity index (χ4n) is 2.07. The zero-order valence-electron chi connectivity index (χ0n) is 11.9. The largest absolute Gasteiger partial charge is 0.448 e. The molecule has 1 aliphatic heterocycles. The quantitative estimate of drug-likeness (QED) is 0.896. The number of nitrogens with one attached hydrogen (secondary N) is 1. The van der Waals surface area contributed by atoms with Crippen LogP contribution in [0.3, 0.4) is 0 Å². The highest BCUT2D eigenvalue weighted by Crippen LogP contribution is 2.10. The highest BCUT2D eigenvalue weighted by Gasteiger charge is 2.10. The van der Waals surface area contributed by atoms with Gasteiger partial charge in [0.25, 0.3) is 0 Å². The minimum Gasteiger partial charge on any atom is -0.448 e. The van der Waals surface area contributed by atoms with Gasteiger partial charge >= 0.3 is 6.09 Å². The molecule has 1 amide bonds. The summed E-state index contributed by atoms with van der Waals surface area (Å²) in [6, 6.07) is 7.79. The lowest BCUT2D eigenvalue weighted by Gasteiger charge is -2.26. The maximum absolute atomic E-state index is 11.6.